The van der Waals surface area contributed by atoms with E-state index in [1.54, 1.807) is 36.4 Å². The van der Waals surface area contributed by atoms with Crippen LogP contribution >= 0.6 is 0 Å². The molecule has 1 aliphatic rings. The molecule has 1 saturated heterocycles. The highest BCUT2D eigenvalue weighted by Crippen LogP contribution is 2.39. The zero-order valence-electron chi connectivity index (χ0n) is 20.9. The van der Waals surface area contributed by atoms with Crippen molar-refractivity contribution in [3.63, 3.8) is 0 Å². The molecule has 1 N–H and O–H groups in total. The Balaban J connectivity index is 1.59. The predicted molar refractivity (Wildman–Crippen MR) is 137 cm³/mol. The van der Waals surface area contributed by atoms with Crippen LogP contribution in [0, 0.1) is 6.92 Å². The van der Waals surface area contributed by atoms with E-state index in [2.05, 4.69) is 24.8 Å². The highest BCUT2D eigenvalue weighted by molar-refractivity contribution is 6.46. The van der Waals surface area contributed by atoms with Gasteiger partial charge in [0.1, 0.15) is 29.9 Å². The Labute approximate surface area is 211 Å². The van der Waals surface area contributed by atoms with E-state index in [9.17, 15) is 14.7 Å². The van der Waals surface area contributed by atoms with Gasteiger partial charge in [0.2, 0.25) is 0 Å². The van der Waals surface area contributed by atoms with Crippen LogP contribution < -0.4 is 4.74 Å². The van der Waals surface area contributed by atoms with E-state index in [1.807, 2.05) is 25.1 Å². The van der Waals surface area contributed by atoms with Crippen molar-refractivity contribution in [3.8, 4) is 5.75 Å². The summed E-state index contributed by atoms with van der Waals surface area (Å²) < 4.78 is 11.5. The number of benzene rings is 2. The number of carbonyl (C=O) groups excluding carboxylic acids is 2. The number of hydrogen-bond donors (Lipinski definition) is 1. The van der Waals surface area contributed by atoms with Gasteiger partial charge in [-0.2, -0.15) is 0 Å². The fourth-order valence-corrected chi connectivity index (χ4v) is 4.48. The minimum atomic E-state index is -0.784. The first-order valence-electron chi connectivity index (χ1n) is 12.3. The molecule has 188 valence electrons. The second-order valence-electron chi connectivity index (χ2n) is 8.84. The molecule has 0 saturated carbocycles. The molecule has 36 heavy (non-hydrogen) atoms. The second kappa shape index (κ2) is 11.3. The molecule has 7 nitrogen and oxygen atoms in total. The molecule has 0 radical (unpaired) electrons. The Kier molecular flexibility index (Phi) is 7.90. The molecular formula is C29H32N2O5. The molecule has 7 heteroatoms. The fraction of sp³-hybridized carbons (Fsp3) is 0.310. The van der Waals surface area contributed by atoms with E-state index >= 15 is 0 Å². The molecule has 1 atom stereocenters. The van der Waals surface area contributed by atoms with Crippen molar-refractivity contribution < 1.29 is 23.8 Å². The molecule has 0 unspecified atom stereocenters. The number of furan rings is 1. The molecule has 0 bridgehead atoms. The Morgan fingerprint density at radius 3 is 2.44 bits per heavy atom. The minimum Gasteiger partial charge on any atom is -0.507 e. The SMILES string of the molecule is CCN(CC)CCN1C(=O)C(=O)/C(=C(/O)c2ccc(OCc3cccc(C)c3)cc2)[C@@H]1c1ccco1. The van der Waals surface area contributed by atoms with Crippen molar-refractivity contribution in [2.75, 3.05) is 26.2 Å². The number of rotatable bonds is 10. The van der Waals surface area contributed by atoms with Gasteiger partial charge in [-0.25, -0.2) is 0 Å². The van der Waals surface area contributed by atoms with Crippen LogP contribution in [0.2, 0.25) is 0 Å². The van der Waals surface area contributed by atoms with Crippen molar-refractivity contribution in [1.82, 2.24) is 9.80 Å². The number of ether oxygens (including phenoxy) is 1. The van der Waals surface area contributed by atoms with Crippen molar-refractivity contribution in [1.29, 1.82) is 0 Å². The van der Waals surface area contributed by atoms with Crippen LogP contribution in [0.1, 0.15) is 42.3 Å². The summed E-state index contributed by atoms with van der Waals surface area (Å²) >= 11 is 0. The molecule has 2 aromatic carbocycles. The van der Waals surface area contributed by atoms with Crippen molar-refractivity contribution >= 4 is 17.4 Å². The normalized spacial score (nSPS) is 17.2. The van der Waals surface area contributed by atoms with E-state index in [0.717, 1.165) is 24.2 Å². The topological polar surface area (TPSA) is 83.2 Å². The number of nitrogens with zero attached hydrogens (tertiary/aromatic N) is 2. The molecule has 1 aromatic heterocycles. The maximum Gasteiger partial charge on any atom is 0.295 e. The van der Waals surface area contributed by atoms with Crippen molar-refractivity contribution in [3.05, 3.63) is 95.0 Å². The summed E-state index contributed by atoms with van der Waals surface area (Å²) in [6.45, 7) is 9.19. The quantitative estimate of drug-likeness (QED) is 0.248. The van der Waals surface area contributed by atoms with Crippen LogP contribution in [-0.4, -0.2) is 52.8 Å². The highest BCUT2D eigenvalue weighted by Gasteiger charge is 2.47. The third-order valence-electron chi connectivity index (χ3n) is 6.52. The van der Waals surface area contributed by atoms with Gasteiger partial charge in [0.15, 0.2) is 0 Å². The van der Waals surface area contributed by atoms with E-state index in [4.69, 9.17) is 9.15 Å². The van der Waals surface area contributed by atoms with Gasteiger partial charge in [-0.3, -0.25) is 9.59 Å². The molecule has 0 aliphatic carbocycles. The van der Waals surface area contributed by atoms with Crippen molar-refractivity contribution in [2.45, 2.75) is 33.4 Å². The lowest BCUT2D eigenvalue weighted by atomic mass is 9.99. The molecular weight excluding hydrogens is 456 g/mol. The summed E-state index contributed by atoms with van der Waals surface area (Å²) in [6, 6.07) is 17.6. The van der Waals surface area contributed by atoms with E-state index in [-0.39, 0.29) is 11.3 Å². The molecule has 1 fully saturated rings. The van der Waals surface area contributed by atoms with Gasteiger partial charge >= 0.3 is 0 Å². The standard InChI is InChI=1S/C29H32N2O5/c1-4-30(5-2)15-16-31-26(24-10-7-17-35-24)25(28(33)29(31)34)27(32)22-11-13-23(14-12-22)36-19-21-9-6-8-20(3)18-21/h6-14,17-18,26,32H,4-5,15-16,19H2,1-3H3/b27-25+/t26-/m0/s1. The lowest BCUT2D eigenvalue weighted by Crippen LogP contribution is -2.37. The Morgan fingerprint density at radius 1 is 1.06 bits per heavy atom. The largest absolute Gasteiger partial charge is 0.507 e. The second-order valence-corrected chi connectivity index (χ2v) is 8.84. The smallest absolute Gasteiger partial charge is 0.295 e. The average molecular weight is 489 g/mol. The van der Waals surface area contributed by atoms with Crippen LogP contribution in [0.25, 0.3) is 5.76 Å². The molecule has 4 rings (SSSR count). The molecule has 2 heterocycles. The monoisotopic (exact) mass is 488 g/mol. The fourth-order valence-electron chi connectivity index (χ4n) is 4.48. The summed E-state index contributed by atoms with van der Waals surface area (Å²) in [6.07, 6.45) is 1.50. The van der Waals surface area contributed by atoms with Crippen LogP contribution in [0.3, 0.4) is 0 Å². The van der Waals surface area contributed by atoms with Gasteiger partial charge in [-0.15, -0.1) is 0 Å². The first-order chi connectivity index (χ1) is 17.4. The highest BCUT2D eigenvalue weighted by atomic mass is 16.5. The van der Waals surface area contributed by atoms with Crippen LogP contribution in [0.4, 0.5) is 0 Å². The summed E-state index contributed by atoms with van der Waals surface area (Å²) in [4.78, 5) is 29.7. The number of hydrogen-bond acceptors (Lipinski definition) is 6. The number of Topliss-reactive ketones (excluding diaryl/α,β-unsaturated/α-hetero) is 1. The molecule has 3 aromatic rings. The number of aryl methyl sites for hydroxylation is 1. The summed E-state index contributed by atoms with van der Waals surface area (Å²) in [5.74, 6) is -0.509. The number of carbonyl (C=O) groups is 2. The summed E-state index contributed by atoms with van der Waals surface area (Å²) in [5, 5.41) is 11.2. The lowest BCUT2D eigenvalue weighted by molar-refractivity contribution is -0.140. The zero-order valence-corrected chi connectivity index (χ0v) is 20.9. The number of likely N-dealkylation sites (N-methyl/N-ethyl adjacent to an activating group) is 1. The third-order valence-corrected chi connectivity index (χ3v) is 6.52. The van der Waals surface area contributed by atoms with Gasteiger partial charge in [0.05, 0.1) is 11.8 Å². The maximum absolute atomic E-state index is 13.1. The summed E-state index contributed by atoms with van der Waals surface area (Å²) in [5.41, 5.74) is 2.68. The Bertz CT molecular complexity index is 1230. The van der Waals surface area contributed by atoms with Gasteiger partial charge in [-0.1, -0.05) is 43.7 Å². The minimum absolute atomic E-state index is 0.0305. The van der Waals surface area contributed by atoms with Gasteiger partial charge in [0, 0.05) is 18.7 Å². The Hall–Kier alpha value is -3.84. The van der Waals surface area contributed by atoms with Crippen LogP contribution in [-0.2, 0) is 16.2 Å². The van der Waals surface area contributed by atoms with Gasteiger partial charge in [0.25, 0.3) is 11.7 Å². The lowest BCUT2D eigenvalue weighted by Gasteiger charge is -2.26. The average Bonchev–Trinajstić information content (AvgIpc) is 3.50. The van der Waals surface area contributed by atoms with Gasteiger partial charge < -0.3 is 24.1 Å². The maximum atomic E-state index is 13.1. The molecule has 1 aliphatic heterocycles. The number of aliphatic hydroxyl groups is 1. The first-order valence-corrected chi connectivity index (χ1v) is 12.3. The Morgan fingerprint density at radius 2 is 1.81 bits per heavy atom. The third kappa shape index (κ3) is 5.36. The van der Waals surface area contributed by atoms with Crippen LogP contribution in [0.15, 0.2) is 76.9 Å². The summed E-state index contributed by atoms with van der Waals surface area (Å²) in [7, 11) is 0. The number of amides is 1. The molecule has 1 amide bonds. The van der Waals surface area contributed by atoms with E-state index < -0.39 is 17.7 Å². The predicted octanol–water partition coefficient (Wildman–Crippen LogP) is 4.93. The first kappa shape index (κ1) is 25.3. The van der Waals surface area contributed by atoms with E-state index in [0.29, 0.717) is 36.8 Å². The van der Waals surface area contributed by atoms with Crippen molar-refractivity contribution in [2.24, 2.45) is 0 Å². The number of likely N-dealkylation sites (tertiary alicyclic amines) is 1. The zero-order chi connectivity index (χ0) is 25.7. The van der Waals surface area contributed by atoms with E-state index in [1.165, 1.54) is 11.2 Å². The number of ketones is 1. The number of aliphatic hydroxyl groups excluding tert-OH is 1. The molecule has 0 spiro atoms. The van der Waals surface area contributed by atoms with Crippen LogP contribution in [0.5, 0.6) is 5.75 Å². The van der Waals surface area contributed by atoms with Gasteiger partial charge in [-0.05, 0) is 62.0 Å².